The number of amides is 1. The molecule has 0 aliphatic heterocycles. The Labute approximate surface area is 130 Å². The summed E-state index contributed by atoms with van der Waals surface area (Å²) in [5.41, 5.74) is 2.08. The smallest absolute Gasteiger partial charge is 0.235 e. The van der Waals surface area contributed by atoms with E-state index in [2.05, 4.69) is 26.4 Å². The van der Waals surface area contributed by atoms with Crippen molar-refractivity contribution in [2.75, 3.05) is 5.32 Å². The summed E-state index contributed by atoms with van der Waals surface area (Å²) in [4.78, 5) is 21.4. The third-order valence-electron chi connectivity index (χ3n) is 4.04. The summed E-state index contributed by atoms with van der Waals surface area (Å²) in [6.45, 7) is 4.06. The van der Waals surface area contributed by atoms with E-state index in [0.29, 0.717) is 5.95 Å². The number of aryl methyl sites for hydroxylation is 2. The van der Waals surface area contributed by atoms with E-state index in [1.54, 1.807) is 17.9 Å². The molecule has 0 spiro atoms. The first-order valence-corrected chi connectivity index (χ1v) is 7.72. The average molecular weight is 299 g/mol. The maximum atomic E-state index is 12.6. The van der Waals surface area contributed by atoms with E-state index in [1.807, 2.05) is 19.9 Å². The van der Waals surface area contributed by atoms with Gasteiger partial charge in [-0.25, -0.2) is 4.68 Å². The zero-order chi connectivity index (χ0) is 15.7. The molecule has 0 unspecified atom stereocenters. The summed E-state index contributed by atoms with van der Waals surface area (Å²) in [7, 11) is 1.79. The van der Waals surface area contributed by atoms with E-state index < -0.39 is 0 Å². The van der Waals surface area contributed by atoms with Gasteiger partial charge in [-0.1, -0.05) is 19.9 Å². The van der Waals surface area contributed by atoms with Crippen molar-refractivity contribution < 1.29 is 4.79 Å². The van der Waals surface area contributed by atoms with Crippen LogP contribution in [0.1, 0.15) is 55.6 Å². The minimum Gasteiger partial charge on any atom is -0.294 e. The molecule has 0 saturated heterocycles. The van der Waals surface area contributed by atoms with Crippen LogP contribution in [0.15, 0.2) is 18.3 Å². The standard InChI is InChI=1S/C16H21N5O/c1-10(2)14-18-16(21(3)20-14)19-15(22)12-8-4-6-11-7-5-9-17-13(11)12/h5,7,9-10,12H,4,6,8H2,1-3H3,(H,18,19,20,22)/t12-/m0/s1. The quantitative estimate of drug-likeness (QED) is 0.944. The zero-order valence-electron chi connectivity index (χ0n) is 13.2. The fourth-order valence-corrected chi connectivity index (χ4v) is 2.82. The molecule has 6 nitrogen and oxygen atoms in total. The molecule has 3 rings (SSSR count). The van der Waals surface area contributed by atoms with Gasteiger partial charge in [-0.15, -0.1) is 0 Å². The van der Waals surface area contributed by atoms with Crippen LogP contribution in [-0.4, -0.2) is 25.7 Å². The predicted molar refractivity (Wildman–Crippen MR) is 83.6 cm³/mol. The van der Waals surface area contributed by atoms with Crippen LogP contribution in [0, 0.1) is 0 Å². The first-order chi connectivity index (χ1) is 10.6. The molecule has 1 N–H and O–H groups in total. The van der Waals surface area contributed by atoms with E-state index in [9.17, 15) is 4.79 Å². The number of nitrogens with zero attached hydrogens (tertiary/aromatic N) is 4. The van der Waals surface area contributed by atoms with Crippen LogP contribution >= 0.6 is 0 Å². The second-order valence-electron chi connectivity index (χ2n) is 6.05. The van der Waals surface area contributed by atoms with Gasteiger partial charge >= 0.3 is 0 Å². The van der Waals surface area contributed by atoms with Crippen LogP contribution in [0.25, 0.3) is 0 Å². The SMILES string of the molecule is CC(C)c1nc(NC(=O)[C@H]2CCCc3cccnc32)n(C)n1. The number of aromatic nitrogens is 4. The molecule has 6 heteroatoms. The molecule has 0 aromatic carbocycles. The Kier molecular flexibility index (Phi) is 3.92. The Morgan fingerprint density at radius 2 is 2.27 bits per heavy atom. The molecular formula is C16H21N5O. The molecule has 116 valence electrons. The summed E-state index contributed by atoms with van der Waals surface area (Å²) in [6, 6.07) is 3.98. The maximum absolute atomic E-state index is 12.6. The van der Waals surface area contributed by atoms with Gasteiger partial charge in [0.15, 0.2) is 5.82 Å². The van der Waals surface area contributed by atoms with Gasteiger partial charge in [-0.2, -0.15) is 10.1 Å². The van der Waals surface area contributed by atoms with Gasteiger partial charge in [0, 0.05) is 19.2 Å². The molecular weight excluding hydrogens is 278 g/mol. The first-order valence-electron chi connectivity index (χ1n) is 7.72. The lowest BCUT2D eigenvalue weighted by molar-refractivity contribution is -0.118. The highest BCUT2D eigenvalue weighted by Crippen LogP contribution is 2.30. The van der Waals surface area contributed by atoms with Crippen LogP contribution in [0.4, 0.5) is 5.95 Å². The highest BCUT2D eigenvalue weighted by molar-refractivity contribution is 5.94. The van der Waals surface area contributed by atoms with Crippen molar-refractivity contribution in [3.63, 3.8) is 0 Å². The highest BCUT2D eigenvalue weighted by atomic mass is 16.2. The summed E-state index contributed by atoms with van der Waals surface area (Å²) >= 11 is 0. The number of pyridine rings is 1. The highest BCUT2D eigenvalue weighted by Gasteiger charge is 2.28. The van der Waals surface area contributed by atoms with Crippen molar-refractivity contribution in [2.24, 2.45) is 7.05 Å². The van der Waals surface area contributed by atoms with Crippen molar-refractivity contribution in [3.8, 4) is 0 Å². The van der Waals surface area contributed by atoms with E-state index in [0.717, 1.165) is 30.8 Å². The van der Waals surface area contributed by atoms with Gasteiger partial charge in [0.25, 0.3) is 0 Å². The summed E-state index contributed by atoms with van der Waals surface area (Å²) in [5.74, 6) is 1.21. The topological polar surface area (TPSA) is 72.7 Å². The molecule has 1 aliphatic rings. The van der Waals surface area contributed by atoms with Gasteiger partial charge in [0.05, 0.1) is 11.6 Å². The largest absolute Gasteiger partial charge is 0.294 e. The third kappa shape index (κ3) is 2.73. The monoisotopic (exact) mass is 299 g/mol. The van der Waals surface area contributed by atoms with E-state index >= 15 is 0 Å². The lowest BCUT2D eigenvalue weighted by atomic mass is 9.86. The number of hydrogen-bond acceptors (Lipinski definition) is 4. The van der Waals surface area contributed by atoms with Crippen LogP contribution in [-0.2, 0) is 18.3 Å². The van der Waals surface area contributed by atoms with Crippen molar-refractivity contribution in [3.05, 3.63) is 35.4 Å². The van der Waals surface area contributed by atoms with Crippen molar-refractivity contribution in [1.29, 1.82) is 0 Å². The van der Waals surface area contributed by atoms with Crippen LogP contribution in [0.3, 0.4) is 0 Å². The molecule has 22 heavy (non-hydrogen) atoms. The van der Waals surface area contributed by atoms with Gasteiger partial charge in [0.2, 0.25) is 11.9 Å². The summed E-state index contributed by atoms with van der Waals surface area (Å²) in [5, 5.41) is 7.23. The number of hydrogen-bond donors (Lipinski definition) is 1. The Morgan fingerprint density at radius 1 is 1.45 bits per heavy atom. The molecule has 2 aromatic rings. The molecule has 1 amide bonds. The van der Waals surface area contributed by atoms with Gasteiger partial charge in [0.1, 0.15) is 0 Å². The van der Waals surface area contributed by atoms with E-state index in [4.69, 9.17) is 0 Å². The van der Waals surface area contributed by atoms with Crippen molar-refractivity contribution >= 4 is 11.9 Å². The molecule has 0 radical (unpaired) electrons. The summed E-state index contributed by atoms with van der Waals surface area (Å²) < 4.78 is 1.62. The third-order valence-corrected chi connectivity index (χ3v) is 4.04. The van der Waals surface area contributed by atoms with Gasteiger partial charge in [-0.05, 0) is 30.9 Å². The fourth-order valence-electron chi connectivity index (χ4n) is 2.82. The minimum absolute atomic E-state index is 0.0505. The molecule has 2 heterocycles. The Balaban J connectivity index is 1.81. The normalized spacial score (nSPS) is 17.4. The Hall–Kier alpha value is -2.24. The van der Waals surface area contributed by atoms with Crippen LogP contribution in [0.2, 0.25) is 0 Å². The molecule has 1 atom stereocenters. The van der Waals surface area contributed by atoms with Crippen LogP contribution < -0.4 is 5.32 Å². The first kappa shape index (κ1) is 14.7. The number of carbonyl (C=O) groups excluding carboxylic acids is 1. The Bertz CT molecular complexity index is 692. The lowest BCUT2D eigenvalue weighted by Crippen LogP contribution is -2.26. The molecule has 2 aromatic heterocycles. The predicted octanol–water partition coefficient (Wildman–Crippen LogP) is 2.39. The maximum Gasteiger partial charge on any atom is 0.235 e. The number of anilines is 1. The van der Waals surface area contributed by atoms with Crippen molar-refractivity contribution in [2.45, 2.75) is 44.9 Å². The molecule has 0 bridgehead atoms. The average Bonchev–Trinajstić information content (AvgIpc) is 2.88. The minimum atomic E-state index is -0.204. The van der Waals surface area contributed by atoms with E-state index in [1.165, 1.54) is 5.56 Å². The second-order valence-corrected chi connectivity index (χ2v) is 6.05. The van der Waals surface area contributed by atoms with Crippen molar-refractivity contribution in [1.82, 2.24) is 19.7 Å². The molecule has 0 saturated carbocycles. The van der Waals surface area contributed by atoms with Gasteiger partial charge in [-0.3, -0.25) is 15.1 Å². The lowest BCUT2D eigenvalue weighted by Gasteiger charge is -2.23. The zero-order valence-corrected chi connectivity index (χ0v) is 13.2. The van der Waals surface area contributed by atoms with Crippen LogP contribution in [0.5, 0.6) is 0 Å². The second kappa shape index (κ2) is 5.87. The molecule has 1 aliphatic carbocycles. The number of nitrogens with one attached hydrogen (secondary N) is 1. The summed E-state index contributed by atoms with van der Waals surface area (Å²) in [6.07, 6.45) is 4.58. The fraction of sp³-hybridized carbons (Fsp3) is 0.500. The number of fused-ring (bicyclic) bond motifs is 1. The van der Waals surface area contributed by atoms with Gasteiger partial charge < -0.3 is 0 Å². The molecule has 0 fully saturated rings. The number of rotatable bonds is 3. The number of carbonyl (C=O) groups is 1. The van der Waals surface area contributed by atoms with E-state index in [-0.39, 0.29) is 17.7 Å². The Morgan fingerprint density at radius 3 is 3.00 bits per heavy atom.